The number of anilines is 1. The third-order valence-corrected chi connectivity index (χ3v) is 5.28. The molecule has 1 atom stereocenters. The number of amides is 2. The molecule has 1 aliphatic heterocycles. The summed E-state index contributed by atoms with van der Waals surface area (Å²) in [5, 5.41) is 6.06. The highest BCUT2D eigenvalue weighted by Crippen LogP contribution is 2.18. The second-order valence-electron chi connectivity index (χ2n) is 9.41. The van der Waals surface area contributed by atoms with Crippen LogP contribution in [0.4, 0.5) is 5.69 Å². The Kier molecular flexibility index (Phi) is 8.23. The summed E-state index contributed by atoms with van der Waals surface area (Å²) in [7, 11) is 0. The summed E-state index contributed by atoms with van der Waals surface area (Å²) < 4.78 is 0. The summed E-state index contributed by atoms with van der Waals surface area (Å²) in [6.45, 7) is 16.0. The molecule has 1 aromatic rings. The number of nitrogens with zero attached hydrogens (tertiary/aromatic N) is 2. The molecule has 0 aromatic heterocycles. The summed E-state index contributed by atoms with van der Waals surface area (Å²) in [6.07, 6.45) is 0.948. The van der Waals surface area contributed by atoms with Crippen LogP contribution in [0.5, 0.6) is 0 Å². The van der Waals surface area contributed by atoms with Gasteiger partial charge in [0.1, 0.15) is 0 Å². The Bertz CT molecular complexity index is 679. The predicted octanol–water partition coefficient (Wildman–Crippen LogP) is 3.06. The van der Waals surface area contributed by atoms with Crippen LogP contribution in [0.2, 0.25) is 0 Å². The first-order valence-electron chi connectivity index (χ1n) is 10.7. The lowest BCUT2D eigenvalue weighted by Gasteiger charge is -2.27. The maximum Gasteiger partial charge on any atom is 0.241 e. The Morgan fingerprint density at radius 2 is 1.66 bits per heavy atom. The van der Waals surface area contributed by atoms with Crippen LogP contribution < -0.4 is 10.6 Å². The third-order valence-electron chi connectivity index (χ3n) is 5.28. The Labute approximate surface area is 176 Å². The minimum atomic E-state index is -0.213. The SMILES string of the molecule is CC(C)c1ccc(NC(=O)[C@H](C)N2CCCN(CC(=O)NC(C)(C)C)CC2)cc1. The highest BCUT2D eigenvalue weighted by Gasteiger charge is 2.25. The van der Waals surface area contributed by atoms with E-state index in [4.69, 9.17) is 0 Å². The molecule has 1 aliphatic rings. The lowest BCUT2D eigenvalue weighted by atomic mass is 10.0. The van der Waals surface area contributed by atoms with Gasteiger partial charge in [-0.1, -0.05) is 26.0 Å². The van der Waals surface area contributed by atoms with Crippen molar-refractivity contribution < 1.29 is 9.59 Å². The molecule has 1 saturated heterocycles. The molecule has 1 aromatic carbocycles. The normalized spacial score (nSPS) is 17.6. The van der Waals surface area contributed by atoms with Gasteiger partial charge in [0.2, 0.25) is 11.8 Å². The summed E-state index contributed by atoms with van der Waals surface area (Å²) in [4.78, 5) is 29.3. The molecule has 6 nitrogen and oxygen atoms in total. The van der Waals surface area contributed by atoms with Crippen LogP contribution in [0.1, 0.15) is 59.4 Å². The van der Waals surface area contributed by atoms with Crippen LogP contribution >= 0.6 is 0 Å². The van der Waals surface area contributed by atoms with E-state index in [0.29, 0.717) is 12.5 Å². The maximum atomic E-state index is 12.7. The molecule has 0 saturated carbocycles. The van der Waals surface area contributed by atoms with Crippen molar-refractivity contribution in [2.45, 2.75) is 65.5 Å². The monoisotopic (exact) mass is 402 g/mol. The topological polar surface area (TPSA) is 64.7 Å². The molecule has 0 bridgehead atoms. The minimum Gasteiger partial charge on any atom is -0.350 e. The van der Waals surface area contributed by atoms with Gasteiger partial charge in [-0.05, 0) is 64.3 Å². The van der Waals surface area contributed by atoms with Crippen molar-refractivity contribution in [1.82, 2.24) is 15.1 Å². The third kappa shape index (κ3) is 7.78. The van der Waals surface area contributed by atoms with Gasteiger partial charge in [-0.15, -0.1) is 0 Å². The molecule has 1 fully saturated rings. The van der Waals surface area contributed by atoms with Gasteiger partial charge >= 0.3 is 0 Å². The molecular formula is C23H38N4O2. The number of hydrogen-bond donors (Lipinski definition) is 2. The van der Waals surface area contributed by atoms with Gasteiger partial charge in [-0.3, -0.25) is 19.4 Å². The average Bonchev–Trinajstić information content (AvgIpc) is 2.85. The van der Waals surface area contributed by atoms with E-state index in [9.17, 15) is 9.59 Å². The van der Waals surface area contributed by atoms with Crippen molar-refractivity contribution in [3.8, 4) is 0 Å². The van der Waals surface area contributed by atoms with Gasteiger partial charge in [0.15, 0.2) is 0 Å². The van der Waals surface area contributed by atoms with Crippen molar-refractivity contribution in [2.24, 2.45) is 0 Å². The van der Waals surface area contributed by atoms with E-state index >= 15 is 0 Å². The number of benzene rings is 1. The number of hydrogen-bond acceptors (Lipinski definition) is 4. The van der Waals surface area contributed by atoms with E-state index in [1.54, 1.807) is 0 Å². The molecular weight excluding hydrogens is 364 g/mol. The molecule has 162 valence electrons. The summed E-state index contributed by atoms with van der Waals surface area (Å²) >= 11 is 0. The Morgan fingerprint density at radius 1 is 1.00 bits per heavy atom. The van der Waals surface area contributed by atoms with Gasteiger partial charge in [-0.2, -0.15) is 0 Å². The quantitative estimate of drug-likeness (QED) is 0.768. The standard InChI is InChI=1S/C23H38N4O2/c1-17(2)19-8-10-20(11-9-19)24-22(29)18(3)27-13-7-12-26(14-15-27)16-21(28)25-23(4,5)6/h8-11,17-18H,7,12-16H2,1-6H3,(H,24,29)(H,25,28)/t18-/m0/s1. The molecule has 2 amide bonds. The second kappa shape index (κ2) is 10.2. The number of nitrogens with one attached hydrogen (secondary N) is 2. The van der Waals surface area contributed by atoms with Crippen molar-refractivity contribution in [3.05, 3.63) is 29.8 Å². The average molecular weight is 403 g/mol. The van der Waals surface area contributed by atoms with Crippen molar-refractivity contribution in [1.29, 1.82) is 0 Å². The fourth-order valence-corrected chi connectivity index (χ4v) is 3.56. The largest absolute Gasteiger partial charge is 0.350 e. The Balaban J connectivity index is 1.85. The molecule has 0 spiro atoms. The highest BCUT2D eigenvalue weighted by molar-refractivity contribution is 5.94. The lowest BCUT2D eigenvalue weighted by molar-refractivity contribution is -0.124. The van der Waals surface area contributed by atoms with E-state index in [2.05, 4.69) is 46.4 Å². The molecule has 0 radical (unpaired) electrons. The molecule has 0 unspecified atom stereocenters. The van der Waals surface area contributed by atoms with Gasteiger partial charge in [-0.25, -0.2) is 0 Å². The Morgan fingerprint density at radius 3 is 2.24 bits per heavy atom. The lowest BCUT2D eigenvalue weighted by Crippen LogP contribution is -2.47. The molecule has 0 aliphatic carbocycles. The molecule has 1 heterocycles. The summed E-state index contributed by atoms with van der Waals surface area (Å²) in [6, 6.07) is 7.87. The molecule has 2 N–H and O–H groups in total. The van der Waals surface area contributed by atoms with Crippen LogP contribution in [-0.2, 0) is 9.59 Å². The smallest absolute Gasteiger partial charge is 0.241 e. The van der Waals surface area contributed by atoms with Crippen molar-refractivity contribution >= 4 is 17.5 Å². The van der Waals surface area contributed by atoms with Gasteiger partial charge in [0, 0.05) is 30.9 Å². The number of rotatable bonds is 6. The van der Waals surface area contributed by atoms with Crippen LogP contribution in [0.25, 0.3) is 0 Å². The maximum absolute atomic E-state index is 12.7. The van der Waals surface area contributed by atoms with Gasteiger partial charge < -0.3 is 10.6 Å². The van der Waals surface area contributed by atoms with Crippen LogP contribution in [0, 0.1) is 0 Å². The number of carbonyl (C=O) groups excluding carboxylic acids is 2. The first-order chi connectivity index (χ1) is 13.5. The van der Waals surface area contributed by atoms with Crippen LogP contribution in [0.3, 0.4) is 0 Å². The van der Waals surface area contributed by atoms with E-state index < -0.39 is 0 Å². The minimum absolute atomic E-state index is 0.0150. The highest BCUT2D eigenvalue weighted by atomic mass is 16.2. The van der Waals surface area contributed by atoms with Gasteiger partial charge in [0.25, 0.3) is 0 Å². The molecule has 2 rings (SSSR count). The summed E-state index contributed by atoms with van der Waals surface area (Å²) in [5.41, 5.74) is 1.88. The fourth-order valence-electron chi connectivity index (χ4n) is 3.56. The zero-order chi connectivity index (χ0) is 21.6. The second-order valence-corrected chi connectivity index (χ2v) is 9.41. The van der Waals surface area contributed by atoms with Gasteiger partial charge in [0.05, 0.1) is 12.6 Å². The van der Waals surface area contributed by atoms with E-state index in [-0.39, 0.29) is 23.4 Å². The molecule has 29 heavy (non-hydrogen) atoms. The first-order valence-corrected chi connectivity index (χ1v) is 10.7. The molecule has 6 heteroatoms. The van der Waals surface area contributed by atoms with Crippen molar-refractivity contribution in [2.75, 3.05) is 38.0 Å². The van der Waals surface area contributed by atoms with Crippen molar-refractivity contribution in [3.63, 3.8) is 0 Å². The Hall–Kier alpha value is -1.92. The fraction of sp³-hybridized carbons (Fsp3) is 0.652. The zero-order valence-electron chi connectivity index (χ0n) is 18.9. The van der Waals surface area contributed by atoms with E-state index in [0.717, 1.165) is 38.3 Å². The summed E-state index contributed by atoms with van der Waals surface area (Å²) in [5.74, 6) is 0.548. The van der Waals surface area contributed by atoms with Crippen LogP contribution in [0.15, 0.2) is 24.3 Å². The van der Waals surface area contributed by atoms with E-state index in [1.807, 2.05) is 39.8 Å². The van der Waals surface area contributed by atoms with E-state index in [1.165, 1.54) is 5.56 Å². The van der Waals surface area contributed by atoms with Crippen LogP contribution in [-0.4, -0.2) is 65.9 Å². The predicted molar refractivity (Wildman–Crippen MR) is 119 cm³/mol. The zero-order valence-corrected chi connectivity index (χ0v) is 18.9. The first kappa shape index (κ1) is 23.4. The number of carbonyl (C=O) groups is 2.